The summed E-state index contributed by atoms with van der Waals surface area (Å²) in [4.78, 5) is 42.4. The van der Waals surface area contributed by atoms with Gasteiger partial charge in [0.25, 0.3) is 0 Å². The number of rotatable bonds is 4. The Morgan fingerprint density at radius 1 is 0.853 bits per heavy atom. The number of carbonyl (C=O) groups is 3. The van der Waals surface area contributed by atoms with Crippen molar-refractivity contribution in [3.8, 4) is 0 Å². The summed E-state index contributed by atoms with van der Waals surface area (Å²) < 4.78 is 5.15. The molecule has 172 valence electrons. The number of nitrogens with zero attached hydrogens (tertiary/aromatic N) is 1. The molecule has 2 aliphatic heterocycles. The van der Waals surface area contributed by atoms with Gasteiger partial charge < -0.3 is 4.74 Å². The summed E-state index contributed by atoms with van der Waals surface area (Å²) in [6, 6.07) is 25.4. The summed E-state index contributed by atoms with van der Waals surface area (Å²) in [6.07, 6.45) is 0. The van der Waals surface area contributed by atoms with E-state index in [2.05, 4.69) is 5.32 Å². The van der Waals surface area contributed by atoms with Crippen molar-refractivity contribution in [1.29, 1.82) is 0 Å². The highest BCUT2D eigenvalue weighted by atomic mass is 35.5. The maximum atomic E-state index is 14.1. The molecule has 2 fully saturated rings. The lowest BCUT2D eigenvalue weighted by atomic mass is 9.70. The minimum atomic E-state index is -1.45. The fourth-order valence-corrected chi connectivity index (χ4v) is 5.69. The zero-order valence-electron chi connectivity index (χ0n) is 18.7. The van der Waals surface area contributed by atoms with Crippen molar-refractivity contribution in [2.24, 2.45) is 11.8 Å². The molecule has 0 aromatic heterocycles. The number of carbonyl (C=O) groups excluding carboxylic acids is 3. The molecule has 0 spiro atoms. The van der Waals surface area contributed by atoms with Gasteiger partial charge in [0.1, 0.15) is 5.54 Å². The molecule has 3 aromatic rings. The van der Waals surface area contributed by atoms with E-state index < -0.39 is 34.8 Å². The van der Waals surface area contributed by atoms with Crippen molar-refractivity contribution in [1.82, 2.24) is 5.32 Å². The molecule has 0 aliphatic carbocycles. The van der Waals surface area contributed by atoms with Gasteiger partial charge in [-0.2, -0.15) is 0 Å². The normalized spacial score (nSPS) is 25.3. The molecule has 5 rings (SSSR count). The Kier molecular flexibility index (Phi) is 5.30. The smallest absolute Gasteiger partial charge is 0.326 e. The summed E-state index contributed by atoms with van der Waals surface area (Å²) in [5.74, 6) is -3.31. The van der Waals surface area contributed by atoms with E-state index in [0.717, 1.165) is 11.1 Å². The summed E-state index contributed by atoms with van der Waals surface area (Å²) in [5.41, 5.74) is -0.606. The van der Waals surface area contributed by atoms with Crippen LogP contribution in [0.4, 0.5) is 5.69 Å². The van der Waals surface area contributed by atoms with Gasteiger partial charge in [0.2, 0.25) is 11.8 Å². The molecule has 7 heteroatoms. The Morgan fingerprint density at radius 2 is 1.35 bits per heavy atom. The lowest BCUT2D eigenvalue weighted by molar-refractivity contribution is -0.151. The number of halogens is 1. The molecule has 34 heavy (non-hydrogen) atoms. The summed E-state index contributed by atoms with van der Waals surface area (Å²) in [7, 11) is 1.29. The van der Waals surface area contributed by atoms with Crippen molar-refractivity contribution >= 4 is 35.1 Å². The molecule has 3 aromatic carbocycles. The molecule has 0 radical (unpaired) electrons. The topological polar surface area (TPSA) is 75.7 Å². The lowest BCUT2D eigenvalue weighted by Gasteiger charge is -2.38. The van der Waals surface area contributed by atoms with Crippen LogP contribution in [-0.4, -0.2) is 30.4 Å². The second-order valence-electron chi connectivity index (χ2n) is 8.80. The minimum Gasteiger partial charge on any atom is -0.468 e. The average Bonchev–Trinajstić information content (AvgIpc) is 3.31. The Morgan fingerprint density at radius 3 is 1.85 bits per heavy atom. The molecule has 0 bridgehead atoms. The minimum absolute atomic E-state index is 0.384. The fourth-order valence-electron chi connectivity index (χ4n) is 5.56. The van der Waals surface area contributed by atoms with Gasteiger partial charge in [-0.15, -0.1) is 0 Å². The van der Waals surface area contributed by atoms with E-state index in [1.807, 2.05) is 60.7 Å². The van der Waals surface area contributed by atoms with E-state index in [4.69, 9.17) is 16.3 Å². The van der Waals surface area contributed by atoms with Crippen molar-refractivity contribution < 1.29 is 19.1 Å². The number of hydrogen-bond acceptors (Lipinski definition) is 5. The second-order valence-corrected chi connectivity index (χ2v) is 9.24. The molecule has 2 aliphatic rings. The third-order valence-electron chi connectivity index (χ3n) is 7.00. The molecule has 6 nitrogen and oxygen atoms in total. The Bertz CT molecular complexity index is 1220. The number of nitrogens with one attached hydrogen (secondary N) is 1. The molecule has 3 atom stereocenters. The number of fused-ring (bicyclic) bond motifs is 1. The first-order valence-electron chi connectivity index (χ1n) is 11.0. The van der Waals surface area contributed by atoms with Crippen LogP contribution < -0.4 is 10.2 Å². The van der Waals surface area contributed by atoms with Crippen LogP contribution in [-0.2, 0) is 24.7 Å². The van der Waals surface area contributed by atoms with Crippen molar-refractivity contribution in [2.45, 2.75) is 18.0 Å². The molecular formula is C27H23ClN2O4. The average molecular weight is 475 g/mol. The standard InChI is InChI=1S/C27H23ClN2O4/c1-26(25(33)34-2)21-22(24(32)30(23(21)31)20-15-13-19(28)14-16-20)27(29-26,17-9-5-3-6-10-17)18-11-7-4-8-12-18/h3-16,21-22,29H,1-2H3/t21-,22-,26+/m0/s1. The van der Waals surface area contributed by atoms with Gasteiger partial charge in [0.05, 0.1) is 30.2 Å². The van der Waals surface area contributed by atoms with Crippen LogP contribution in [0.5, 0.6) is 0 Å². The molecular weight excluding hydrogens is 452 g/mol. The van der Waals surface area contributed by atoms with Gasteiger partial charge in [-0.25, -0.2) is 4.90 Å². The quantitative estimate of drug-likeness (QED) is 0.458. The monoisotopic (exact) mass is 474 g/mol. The molecule has 2 saturated heterocycles. The van der Waals surface area contributed by atoms with E-state index in [1.165, 1.54) is 12.0 Å². The van der Waals surface area contributed by atoms with Gasteiger partial charge in [-0.3, -0.25) is 19.7 Å². The van der Waals surface area contributed by atoms with Gasteiger partial charge >= 0.3 is 5.97 Å². The predicted molar refractivity (Wildman–Crippen MR) is 128 cm³/mol. The highest BCUT2D eigenvalue weighted by Gasteiger charge is 2.73. The van der Waals surface area contributed by atoms with E-state index in [9.17, 15) is 14.4 Å². The number of methoxy groups -OCH3 is 1. The van der Waals surface area contributed by atoms with Crippen molar-refractivity contribution in [3.63, 3.8) is 0 Å². The van der Waals surface area contributed by atoms with Crippen LogP contribution in [0.3, 0.4) is 0 Å². The van der Waals surface area contributed by atoms with E-state index in [1.54, 1.807) is 31.2 Å². The summed E-state index contributed by atoms with van der Waals surface area (Å²) in [6.45, 7) is 1.64. The Balaban J connectivity index is 1.79. The van der Waals surface area contributed by atoms with Crippen molar-refractivity contribution in [3.05, 3.63) is 101 Å². The lowest BCUT2D eigenvalue weighted by Crippen LogP contribution is -2.58. The molecule has 2 amide bonds. The van der Waals surface area contributed by atoms with Crippen LogP contribution in [0.1, 0.15) is 18.1 Å². The number of amides is 2. The van der Waals surface area contributed by atoms with Gasteiger partial charge in [0.15, 0.2) is 0 Å². The largest absolute Gasteiger partial charge is 0.468 e. The van der Waals surface area contributed by atoms with Crippen LogP contribution in [0, 0.1) is 11.8 Å². The predicted octanol–water partition coefficient (Wildman–Crippen LogP) is 3.92. The Hall–Kier alpha value is -3.48. The first kappa shape index (κ1) is 22.3. The number of ether oxygens (including phenoxy) is 1. The van der Waals surface area contributed by atoms with Gasteiger partial charge in [0, 0.05) is 5.02 Å². The maximum Gasteiger partial charge on any atom is 0.326 e. The van der Waals surface area contributed by atoms with Crippen LogP contribution in [0.25, 0.3) is 0 Å². The van der Waals surface area contributed by atoms with E-state index in [-0.39, 0.29) is 5.91 Å². The summed E-state index contributed by atoms with van der Waals surface area (Å²) in [5, 5.41) is 3.94. The van der Waals surface area contributed by atoms with Crippen molar-refractivity contribution in [2.75, 3.05) is 12.0 Å². The van der Waals surface area contributed by atoms with Gasteiger partial charge in [-0.1, -0.05) is 72.3 Å². The number of benzene rings is 3. The molecule has 0 unspecified atom stereocenters. The van der Waals surface area contributed by atoms with E-state index >= 15 is 0 Å². The molecule has 2 heterocycles. The number of anilines is 1. The Labute approximate surface area is 202 Å². The van der Waals surface area contributed by atoms with Crippen LogP contribution in [0.15, 0.2) is 84.9 Å². The summed E-state index contributed by atoms with van der Waals surface area (Å²) >= 11 is 6.04. The third-order valence-corrected chi connectivity index (χ3v) is 7.26. The number of imide groups is 1. The highest BCUT2D eigenvalue weighted by Crippen LogP contribution is 2.55. The van der Waals surface area contributed by atoms with Gasteiger partial charge in [-0.05, 0) is 42.3 Å². The fraction of sp³-hybridized carbons (Fsp3) is 0.222. The van der Waals surface area contributed by atoms with Crippen LogP contribution in [0.2, 0.25) is 5.02 Å². The first-order valence-corrected chi connectivity index (χ1v) is 11.3. The molecule has 1 N–H and O–H groups in total. The first-order chi connectivity index (χ1) is 16.3. The number of hydrogen-bond donors (Lipinski definition) is 1. The second kappa shape index (κ2) is 8.08. The third kappa shape index (κ3) is 3.02. The van der Waals surface area contributed by atoms with E-state index in [0.29, 0.717) is 10.7 Å². The molecule has 0 saturated carbocycles. The highest BCUT2D eigenvalue weighted by molar-refractivity contribution is 6.31. The van der Waals surface area contributed by atoms with Crippen LogP contribution >= 0.6 is 11.6 Å². The number of esters is 1. The SMILES string of the molecule is COC(=O)[C@]1(C)NC(c2ccccc2)(c2ccccc2)[C@@H]2C(=O)N(c3ccc(Cl)cc3)C(=O)[C@H]21. The maximum absolute atomic E-state index is 14.1. The zero-order chi connectivity index (χ0) is 24.1. The zero-order valence-corrected chi connectivity index (χ0v) is 19.5.